The van der Waals surface area contributed by atoms with Gasteiger partial charge in [0.05, 0.1) is 17.5 Å². The van der Waals surface area contributed by atoms with Gasteiger partial charge in [0.15, 0.2) is 0 Å². The summed E-state index contributed by atoms with van der Waals surface area (Å²) in [5.74, 6) is -0.160. The van der Waals surface area contributed by atoms with Crippen LogP contribution in [-0.2, 0) is 16.6 Å². The van der Waals surface area contributed by atoms with E-state index in [0.29, 0.717) is 24.4 Å². The number of para-hydroxylation sites is 1. The molecule has 3 aromatic rings. The normalized spacial score (nSPS) is 23.3. The number of anilines is 1. The fraction of sp³-hybridized carbons (Fsp3) is 0.531. The van der Waals surface area contributed by atoms with Gasteiger partial charge in [0.2, 0.25) is 10.0 Å². The Bertz CT molecular complexity index is 1540. The van der Waals surface area contributed by atoms with Gasteiger partial charge in [-0.2, -0.15) is 0 Å². The summed E-state index contributed by atoms with van der Waals surface area (Å²) in [7, 11) is 2.69. The Balaban J connectivity index is 1.56. The van der Waals surface area contributed by atoms with Crippen LogP contribution in [0.3, 0.4) is 0 Å². The lowest BCUT2D eigenvalue weighted by Crippen LogP contribution is -2.44. The zero-order valence-corrected chi connectivity index (χ0v) is 25.4. The highest BCUT2D eigenvalue weighted by atomic mass is 32.2. The van der Waals surface area contributed by atoms with Gasteiger partial charge in [-0.15, -0.1) is 0 Å². The number of nitrogens with one attached hydrogen (secondary N) is 1. The first-order chi connectivity index (χ1) is 19.7. The maximum atomic E-state index is 13.3. The molecule has 220 valence electrons. The maximum Gasteiger partial charge on any atom is 0.264 e. The van der Waals surface area contributed by atoms with Crippen molar-refractivity contribution in [1.29, 1.82) is 0 Å². The number of carbonyl (C=O) groups is 1. The van der Waals surface area contributed by atoms with Gasteiger partial charge < -0.3 is 19.3 Å². The molecule has 1 fully saturated rings. The highest BCUT2D eigenvalue weighted by Crippen LogP contribution is 2.47. The first kappa shape index (κ1) is 28.2. The molecule has 1 unspecified atom stereocenters. The van der Waals surface area contributed by atoms with E-state index in [0.717, 1.165) is 31.7 Å². The number of carbonyl (C=O) groups excluding carboxylic acids is 1. The molecule has 9 heteroatoms. The molecule has 0 saturated heterocycles. The summed E-state index contributed by atoms with van der Waals surface area (Å²) in [4.78, 5) is 20.3. The van der Waals surface area contributed by atoms with Crippen LogP contribution in [0.5, 0.6) is 0 Å². The van der Waals surface area contributed by atoms with Gasteiger partial charge in [-0.25, -0.2) is 13.1 Å². The van der Waals surface area contributed by atoms with E-state index in [4.69, 9.17) is 0 Å². The van der Waals surface area contributed by atoms with Crippen molar-refractivity contribution in [1.82, 2.24) is 19.1 Å². The third-order valence-electron chi connectivity index (χ3n) is 9.45. The first-order valence-electron chi connectivity index (χ1n) is 15.1. The largest absolute Gasteiger partial charge is 0.368 e. The van der Waals surface area contributed by atoms with Crippen LogP contribution in [0.15, 0.2) is 42.5 Å². The molecule has 0 radical (unpaired) electrons. The van der Waals surface area contributed by atoms with Crippen molar-refractivity contribution >= 4 is 32.5 Å². The fourth-order valence-corrected chi connectivity index (χ4v) is 8.19. The lowest BCUT2D eigenvalue weighted by Gasteiger charge is -2.33. The molecule has 1 saturated carbocycles. The Morgan fingerprint density at radius 3 is 2.41 bits per heavy atom. The maximum absolute atomic E-state index is 13.3. The standard InChI is InChI=1S/C32H43N5O3S/c1-34-16-9-19-41(39,40)33-32(38)24-14-15-26-29(20-24)37-22-25(21-35(2)18-17-34)36(3)28-13-8-7-12-27(28)31(37)30(26)23-10-5-4-6-11-23/h7-8,12-15,20,23,25H,4-6,9-11,16-19,21-22H2,1-3H3,(H,33,38). The summed E-state index contributed by atoms with van der Waals surface area (Å²) in [5, 5.41) is 1.19. The van der Waals surface area contributed by atoms with Gasteiger partial charge in [0.25, 0.3) is 5.91 Å². The van der Waals surface area contributed by atoms with E-state index in [2.05, 4.69) is 68.4 Å². The summed E-state index contributed by atoms with van der Waals surface area (Å²) in [6.07, 6.45) is 6.57. The lowest BCUT2D eigenvalue weighted by atomic mass is 9.81. The minimum absolute atomic E-state index is 0.0723. The molecule has 1 aromatic heterocycles. The van der Waals surface area contributed by atoms with Crippen molar-refractivity contribution in [3.05, 3.63) is 53.6 Å². The topological polar surface area (TPSA) is 77.9 Å². The summed E-state index contributed by atoms with van der Waals surface area (Å²) >= 11 is 0. The predicted octanol–water partition coefficient (Wildman–Crippen LogP) is 4.50. The molecular weight excluding hydrogens is 534 g/mol. The van der Waals surface area contributed by atoms with Crippen molar-refractivity contribution in [3.8, 4) is 11.3 Å². The molecule has 2 aliphatic heterocycles. The zero-order chi connectivity index (χ0) is 28.7. The number of fused-ring (bicyclic) bond motifs is 4. The highest BCUT2D eigenvalue weighted by molar-refractivity contribution is 7.90. The Morgan fingerprint density at radius 2 is 1.61 bits per heavy atom. The number of benzene rings is 2. The van der Waals surface area contributed by atoms with E-state index in [1.165, 1.54) is 60.0 Å². The number of likely N-dealkylation sites (N-methyl/N-ethyl adjacent to an activating group) is 3. The van der Waals surface area contributed by atoms with Gasteiger partial charge in [0, 0.05) is 60.9 Å². The second-order valence-electron chi connectivity index (χ2n) is 12.4. The molecule has 1 amide bonds. The smallest absolute Gasteiger partial charge is 0.264 e. The fourth-order valence-electron chi connectivity index (χ4n) is 7.17. The Hall–Kier alpha value is -2.88. The number of nitrogens with zero attached hydrogens (tertiary/aromatic N) is 4. The lowest BCUT2D eigenvalue weighted by molar-refractivity contribution is 0.0981. The number of aromatic nitrogens is 1. The monoisotopic (exact) mass is 577 g/mol. The molecule has 1 aliphatic carbocycles. The van der Waals surface area contributed by atoms with Crippen LogP contribution in [0.4, 0.5) is 5.69 Å². The van der Waals surface area contributed by atoms with Crippen LogP contribution in [-0.4, -0.2) is 87.8 Å². The molecule has 3 aliphatic rings. The average molecular weight is 578 g/mol. The predicted molar refractivity (Wildman–Crippen MR) is 166 cm³/mol. The summed E-state index contributed by atoms with van der Waals surface area (Å²) in [6, 6.07) is 14.8. The van der Waals surface area contributed by atoms with Crippen LogP contribution in [0.1, 0.15) is 60.4 Å². The number of rotatable bonds is 1. The molecule has 8 nitrogen and oxygen atoms in total. The van der Waals surface area contributed by atoms with Crippen molar-refractivity contribution in [3.63, 3.8) is 0 Å². The molecule has 41 heavy (non-hydrogen) atoms. The van der Waals surface area contributed by atoms with Crippen LogP contribution in [0.25, 0.3) is 22.2 Å². The molecule has 0 spiro atoms. The van der Waals surface area contributed by atoms with Gasteiger partial charge in [-0.1, -0.05) is 43.5 Å². The average Bonchev–Trinajstić information content (AvgIpc) is 3.22. The molecule has 4 bridgehead atoms. The van der Waals surface area contributed by atoms with Crippen LogP contribution >= 0.6 is 0 Å². The Morgan fingerprint density at radius 1 is 0.854 bits per heavy atom. The molecule has 3 heterocycles. The van der Waals surface area contributed by atoms with E-state index >= 15 is 0 Å². The van der Waals surface area contributed by atoms with Gasteiger partial charge in [0.1, 0.15) is 0 Å². The van der Waals surface area contributed by atoms with E-state index < -0.39 is 15.9 Å². The van der Waals surface area contributed by atoms with Crippen LogP contribution in [0, 0.1) is 0 Å². The molecular formula is C32H43N5O3S. The number of hydrogen-bond donors (Lipinski definition) is 1. The minimum atomic E-state index is -3.73. The van der Waals surface area contributed by atoms with E-state index in [9.17, 15) is 13.2 Å². The number of sulfonamides is 1. The molecule has 2 aromatic carbocycles. The number of hydrogen-bond acceptors (Lipinski definition) is 6. The van der Waals surface area contributed by atoms with Gasteiger partial charge in [-0.3, -0.25) is 4.79 Å². The van der Waals surface area contributed by atoms with Crippen molar-refractivity contribution < 1.29 is 13.2 Å². The summed E-state index contributed by atoms with van der Waals surface area (Å²) in [6.45, 7) is 4.08. The SMILES string of the molecule is CN1CCCS(=O)(=O)NC(=O)c2ccc3c(C4CCCCC4)c4n(c3c2)CC(CN(C)CC1)N(C)c1ccccc1-4. The highest BCUT2D eigenvalue weighted by Gasteiger charge is 2.33. The van der Waals surface area contributed by atoms with Gasteiger partial charge >= 0.3 is 0 Å². The van der Waals surface area contributed by atoms with Crippen LogP contribution < -0.4 is 9.62 Å². The quantitative estimate of drug-likeness (QED) is 0.459. The zero-order valence-electron chi connectivity index (χ0n) is 24.6. The molecule has 1 atom stereocenters. The minimum Gasteiger partial charge on any atom is -0.368 e. The second kappa shape index (κ2) is 11.4. The molecule has 6 rings (SSSR count). The molecule has 1 N–H and O–H groups in total. The van der Waals surface area contributed by atoms with Crippen LogP contribution in [0.2, 0.25) is 0 Å². The number of amides is 1. The third kappa shape index (κ3) is 5.64. The van der Waals surface area contributed by atoms with Crippen molar-refractivity contribution in [2.24, 2.45) is 0 Å². The van der Waals surface area contributed by atoms with E-state index in [1.54, 1.807) is 0 Å². The summed E-state index contributed by atoms with van der Waals surface area (Å²) in [5.41, 5.74) is 6.54. The van der Waals surface area contributed by atoms with Gasteiger partial charge in [-0.05, 0) is 69.6 Å². The van der Waals surface area contributed by atoms with Crippen molar-refractivity contribution in [2.45, 2.75) is 57.0 Å². The second-order valence-corrected chi connectivity index (χ2v) is 14.2. The van der Waals surface area contributed by atoms with E-state index in [-0.39, 0.29) is 11.8 Å². The first-order valence-corrected chi connectivity index (χ1v) is 16.8. The Labute approximate surface area is 244 Å². The van der Waals surface area contributed by atoms with E-state index in [1.807, 2.05) is 19.2 Å². The van der Waals surface area contributed by atoms with Crippen molar-refractivity contribution in [2.75, 3.05) is 58.0 Å². The summed E-state index contributed by atoms with van der Waals surface area (Å²) < 4.78 is 30.4. The third-order valence-corrected chi connectivity index (χ3v) is 10.8. The Kier molecular flexibility index (Phi) is 7.87.